The molecule has 0 spiro atoms. The van der Waals surface area contributed by atoms with E-state index in [1.807, 2.05) is 30.5 Å². The zero-order valence-corrected chi connectivity index (χ0v) is 11.7. The average molecular weight is 267 g/mol. The van der Waals surface area contributed by atoms with Crippen LogP contribution in [0.5, 0.6) is 0 Å². The van der Waals surface area contributed by atoms with Gasteiger partial charge in [0.05, 0.1) is 0 Å². The number of hydrogen-bond acceptors (Lipinski definition) is 3. The Morgan fingerprint density at radius 2 is 1.60 bits per heavy atom. The van der Waals surface area contributed by atoms with E-state index < -0.39 is 0 Å². The fourth-order valence-corrected chi connectivity index (χ4v) is 2.78. The van der Waals surface area contributed by atoms with Crippen molar-refractivity contribution in [3.63, 3.8) is 0 Å². The third kappa shape index (κ3) is 3.10. The number of pyridine rings is 1. The monoisotopic (exact) mass is 267 g/mol. The van der Waals surface area contributed by atoms with E-state index in [0.717, 1.165) is 22.6 Å². The van der Waals surface area contributed by atoms with E-state index in [1.165, 1.54) is 32.1 Å². The second-order valence-electron chi connectivity index (χ2n) is 5.53. The van der Waals surface area contributed by atoms with E-state index in [1.54, 1.807) is 0 Å². The van der Waals surface area contributed by atoms with Crippen molar-refractivity contribution in [2.24, 2.45) is 0 Å². The summed E-state index contributed by atoms with van der Waals surface area (Å²) in [4.78, 5) is 4.53. The third-order valence-electron chi connectivity index (χ3n) is 3.96. The minimum absolute atomic E-state index is 0.596. The molecule has 1 fully saturated rings. The highest BCUT2D eigenvalue weighted by molar-refractivity contribution is 5.65. The normalized spacial score (nSPS) is 16.0. The van der Waals surface area contributed by atoms with Gasteiger partial charge in [-0.25, -0.2) is 4.98 Å². The molecule has 0 radical (unpaired) electrons. The Balaban J connectivity index is 1.69. The van der Waals surface area contributed by atoms with E-state index in [9.17, 15) is 0 Å². The summed E-state index contributed by atoms with van der Waals surface area (Å²) in [6.07, 6.45) is 8.50. The summed E-state index contributed by atoms with van der Waals surface area (Å²) in [5.41, 5.74) is 8.77. The lowest BCUT2D eigenvalue weighted by molar-refractivity contribution is 0.462. The highest BCUT2D eigenvalue weighted by Crippen LogP contribution is 2.23. The van der Waals surface area contributed by atoms with Crippen LogP contribution in [0.15, 0.2) is 42.6 Å². The van der Waals surface area contributed by atoms with Gasteiger partial charge >= 0.3 is 0 Å². The summed E-state index contributed by atoms with van der Waals surface area (Å²) < 4.78 is 0. The molecular weight excluding hydrogens is 246 g/mol. The topological polar surface area (TPSA) is 50.9 Å². The molecule has 3 nitrogen and oxygen atoms in total. The number of nitrogen functional groups attached to an aromatic ring is 1. The van der Waals surface area contributed by atoms with Gasteiger partial charge in [-0.2, -0.15) is 0 Å². The molecule has 0 unspecified atom stereocenters. The Kier molecular flexibility index (Phi) is 3.86. The van der Waals surface area contributed by atoms with Crippen LogP contribution in [-0.4, -0.2) is 11.0 Å². The average Bonchev–Trinajstić information content (AvgIpc) is 2.50. The maximum absolute atomic E-state index is 5.71. The maximum atomic E-state index is 5.71. The van der Waals surface area contributed by atoms with Gasteiger partial charge in [0, 0.05) is 23.5 Å². The molecule has 20 heavy (non-hydrogen) atoms. The van der Waals surface area contributed by atoms with Crippen LogP contribution in [0.2, 0.25) is 0 Å². The smallest absolute Gasteiger partial charge is 0.126 e. The molecule has 2 aromatic rings. The van der Waals surface area contributed by atoms with Crippen LogP contribution in [-0.2, 0) is 0 Å². The Morgan fingerprint density at radius 3 is 2.25 bits per heavy atom. The van der Waals surface area contributed by atoms with E-state index in [4.69, 9.17) is 5.73 Å². The fourth-order valence-electron chi connectivity index (χ4n) is 2.78. The zero-order valence-electron chi connectivity index (χ0n) is 11.7. The molecule has 1 aliphatic carbocycles. The minimum Gasteiger partial charge on any atom is -0.399 e. The predicted octanol–water partition coefficient (Wildman–Crippen LogP) is 4.08. The highest BCUT2D eigenvalue weighted by Gasteiger charge is 2.13. The largest absolute Gasteiger partial charge is 0.399 e. The van der Waals surface area contributed by atoms with Crippen LogP contribution in [0.4, 0.5) is 11.5 Å². The molecule has 1 heterocycles. The van der Waals surface area contributed by atoms with E-state index in [0.29, 0.717) is 6.04 Å². The molecular formula is C17H21N3. The molecule has 3 rings (SSSR count). The number of hydrogen-bond donors (Lipinski definition) is 2. The molecule has 0 amide bonds. The van der Waals surface area contributed by atoms with E-state index in [2.05, 4.69) is 22.4 Å². The van der Waals surface area contributed by atoms with Gasteiger partial charge < -0.3 is 11.1 Å². The van der Waals surface area contributed by atoms with Gasteiger partial charge in [0.2, 0.25) is 0 Å². The number of benzene rings is 1. The van der Waals surface area contributed by atoms with Crippen molar-refractivity contribution in [2.45, 2.75) is 38.1 Å². The van der Waals surface area contributed by atoms with Gasteiger partial charge in [0.25, 0.3) is 0 Å². The van der Waals surface area contributed by atoms with Crippen molar-refractivity contribution in [1.82, 2.24) is 4.98 Å². The van der Waals surface area contributed by atoms with Crippen molar-refractivity contribution in [2.75, 3.05) is 11.1 Å². The molecule has 104 valence electrons. The van der Waals surface area contributed by atoms with Crippen LogP contribution < -0.4 is 11.1 Å². The van der Waals surface area contributed by atoms with Gasteiger partial charge in [-0.1, -0.05) is 31.4 Å². The Bertz CT molecular complexity index is 539. The second-order valence-corrected chi connectivity index (χ2v) is 5.53. The number of anilines is 2. The van der Waals surface area contributed by atoms with Crippen molar-refractivity contribution < 1.29 is 0 Å². The van der Waals surface area contributed by atoms with E-state index in [-0.39, 0.29) is 0 Å². The molecule has 0 bridgehead atoms. The fraction of sp³-hybridized carbons (Fsp3) is 0.353. The highest BCUT2D eigenvalue weighted by atomic mass is 15.0. The summed E-state index contributed by atoms with van der Waals surface area (Å²) in [6.45, 7) is 0. The van der Waals surface area contributed by atoms with Gasteiger partial charge in [-0.3, -0.25) is 0 Å². The van der Waals surface area contributed by atoms with Crippen molar-refractivity contribution >= 4 is 11.5 Å². The number of nitrogens with two attached hydrogens (primary N) is 1. The molecule has 1 saturated carbocycles. The lowest BCUT2D eigenvalue weighted by Crippen LogP contribution is -2.22. The van der Waals surface area contributed by atoms with Crippen molar-refractivity contribution in [3.8, 4) is 11.1 Å². The Hall–Kier alpha value is -2.03. The minimum atomic E-state index is 0.596. The van der Waals surface area contributed by atoms with Crippen LogP contribution >= 0.6 is 0 Å². The van der Waals surface area contributed by atoms with Gasteiger partial charge in [-0.15, -0.1) is 0 Å². The Morgan fingerprint density at radius 1 is 0.900 bits per heavy atom. The quantitative estimate of drug-likeness (QED) is 0.824. The number of nitrogens with zero attached hydrogens (tertiary/aromatic N) is 1. The number of nitrogens with one attached hydrogen (secondary N) is 1. The molecule has 3 N–H and O–H groups in total. The first-order valence-electron chi connectivity index (χ1n) is 7.40. The lowest BCUT2D eigenvalue weighted by Gasteiger charge is -2.23. The summed E-state index contributed by atoms with van der Waals surface area (Å²) in [5, 5.41) is 3.54. The number of aromatic nitrogens is 1. The molecule has 1 aliphatic rings. The first kappa shape index (κ1) is 13.0. The molecule has 0 saturated heterocycles. The second kappa shape index (κ2) is 5.95. The molecule has 0 aliphatic heterocycles. The van der Waals surface area contributed by atoms with Gasteiger partial charge in [0.1, 0.15) is 5.82 Å². The first-order chi connectivity index (χ1) is 9.81. The standard InChI is InChI=1S/C17H21N3/c18-15-9-6-13(7-10-15)14-8-11-17(19-12-14)20-16-4-2-1-3-5-16/h6-12,16H,1-5,18H2,(H,19,20). The Labute approximate surface area is 120 Å². The molecule has 1 aromatic heterocycles. The maximum Gasteiger partial charge on any atom is 0.126 e. The molecule has 1 aromatic carbocycles. The van der Waals surface area contributed by atoms with Crippen molar-refractivity contribution in [1.29, 1.82) is 0 Å². The number of rotatable bonds is 3. The summed E-state index contributed by atoms with van der Waals surface area (Å²) >= 11 is 0. The molecule has 0 atom stereocenters. The van der Waals surface area contributed by atoms with Crippen LogP contribution in [0.25, 0.3) is 11.1 Å². The van der Waals surface area contributed by atoms with Crippen molar-refractivity contribution in [3.05, 3.63) is 42.6 Å². The zero-order chi connectivity index (χ0) is 13.8. The molecule has 3 heteroatoms. The van der Waals surface area contributed by atoms with E-state index >= 15 is 0 Å². The lowest BCUT2D eigenvalue weighted by atomic mass is 9.95. The first-order valence-corrected chi connectivity index (χ1v) is 7.40. The van der Waals surface area contributed by atoms with Crippen LogP contribution in [0.3, 0.4) is 0 Å². The van der Waals surface area contributed by atoms with Gasteiger partial charge in [0.15, 0.2) is 0 Å². The van der Waals surface area contributed by atoms with Gasteiger partial charge in [-0.05, 0) is 42.7 Å². The van der Waals surface area contributed by atoms with Crippen LogP contribution in [0.1, 0.15) is 32.1 Å². The van der Waals surface area contributed by atoms with Crippen LogP contribution in [0, 0.1) is 0 Å². The summed E-state index contributed by atoms with van der Waals surface area (Å²) in [5.74, 6) is 0.982. The SMILES string of the molecule is Nc1ccc(-c2ccc(NC3CCCCC3)nc2)cc1. The predicted molar refractivity (Wildman–Crippen MR) is 84.6 cm³/mol. The summed E-state index contributed by atoms with van der Waals surface area (Å²) in [6, 6.07) is 12.7. The summed E-state index contributed by atoms with van der Waals surface area (Å²) in [7, 11) is 0. The third-order valence-corrected chi connectivity index (χ3v) is 3.96.